The van der Waals surface area contributed by atoms with Gasteiger partial charge in [0.2, 0.25) is 0 Å². The highest BCUT2D eigenvalue weighted by Crippen LogP contribution is 2.61. The van der Waals surface area contributed by atoms with Gasteiger partial charge in [0.15, 0.2) is 0 Å². The molecular formula is C20H20O5. The van der Waals surface area contributed by atoms with E-state index in [1.54, 1.807) is 18.6 Å². The normalized spacial score (nSPS) is 39.4. The summed E-state index contributed by atoms with van der Waals surface area (Å²) in [6.45, 7) is 4.07. The molecule has 1 spiro atoms. The second kappa shape index (κ2) is 4.65. The third kappa shape index (κ3) is 1.73. The van der Waals surface area contributed by atoms with E-state index in [0.717, 1.165) is 36.0 Å². The number of carbonyl (C=O) groups excluding carboxylic acids is 2. The van der Waals surface area contributed by atoms with Gasteiger partial charge < -0.3 is 13.9 Å². The third-order valence-electron chi connectivity index (χ3n) is 6.63. The van der Waals surface area contributed by atoms with Gasteiger partial charge in [-0.1, -0.05) is 12.5 Å². The summed E-state index contributed by atoms with van der Waals surface area (Å²) in [6, 6.07) is 1.79. The van der Waals surface area contributed by atoms with Crippen LogP contribution in [0.15, 0.2) is 40.2 Å². The molecule has 4 aliphatic rings. The summed E-state index contributed by atoms with van der Waals surface area (Å²) >= 11 is 0. The molecule has 2 bridgehead atoms. The Kier molecular flexibility index (Phi) is 2.79. The van der Waals surface area contributed by atoms with Crippen molar-refractivity contribution < 1.29 is 23.5 Å². The van der Waals surface area contributed by atoms with Crippen molar-refractivity contribution in [2.75, 3.05) is 0 Å². The van der Waals surface area contributed by atoms with Gasteiger partial charge in [-0.05, 0) is 43.4 Å². The maximum atomic E-state index is 13.1. The average Bonchev–Trinajstić information content (AvgIpc) is 3.25. The quantitative estimate of drug-likeness (QED) is 0.577. The van der Waals surface area contributed by atoms with Crippen molar-refractivity contribution in [3.8, 4) is 0 Å². The summed E-state index contributed by atoms with van der Waals surface area (Å²) in [5, 5.41) is 0. The molecule has 130 valence electrons. The number of furan rings is 1. The Morgan fingerprint density at radius 1 is 1.20 bits per heavy atom. The molecule has 0 radical (unpaired) electrons. The maximum Gasteiger partial charge on any atom is 0.325 e. The fraction of sp³-hybridized carbons (Fsp3) is 0.500. The van der Waals surface area contributed by atoms with Crippen molar-refractivity contribution in [2.24, 2.45) is 16.7 Å². The van der Waals surface area contributed by atoms with Crippen molar-refractivity contribution in [3.63, 3.8) is 0 Å². The van der Waals surface area contributed by atoms with Gasteiger partial charge in [0.05, 0.1) is 17.2 Å². The van der Waals surface area contributed by atoms with Crippen LogP contribution in [0.4, 0.5) is 0 Å². The first-order valence-corrected chi connectivity index (χ1v) is 8.87. The number of esters is 2. The Hall–Kier alpha value is -2.30. The van der Waals surface area contributed by atoms with Crippen LogP contribution in [0.1, 0.15) is 45.1 Å². The van der Waals surface area contributed by atoms with Crippen LogP contribution >= 0.6 is 0 Å². The molecule has 5 nitrogen and oxygen atoms in total. The molecular weight excluding hydrogens is 320 g/mol. The number of hydrogen-bond acceptors (Lipinski definition) is 5. The van der Waals surface area contributed by atoms with Gasteiger partial charge in [-0.25, -0.2) is 0 Å². The zero-order valence-corrected chi connectivity index (χ0v) is 14.3. The minimum atomic E-state index is -0.784. The average molecular weight is 340 g/mol. The number of fused-ring (bicyclic) bond motifs is 4. The van der Waals surface area contributed by atoms with Crippen molar-refractivity contribution in [2.45, 2.75) is 45.6 Å². The van der Waals surface area contributed by atoms with Gasteiger partial charge >= 0.3 is 11.9 Å². The Morgan fingerprint density at radius 3 is 2.80 bits per heavy atom. The van der Waals surface area contributed by atoms with Crippen LogP contribution in [-0.2, 0) is 19.1 Å². The van der Waals surface area contributed by atoms with Crippen LogP contribution < -0.4 is 0 Å². The first-order chi connectivity index (χ1) is 11.9. The van der Waals surface area contributed by atoms with E-state index in [2.05, 4.69) is 6.92 Å². The summed E-state index contributed by atoms with van der Waals surface area (Å²) in [5.74, 6) is 0.298. The molecule has 3 heterocycles. The molecule has 0 unspecified atom stereocenters. The second-order valence-corrected chi connectivity index (χ2v) is 7.94. The molecule has 2 aliphatic heterocycles. The Morgan fingerprint density at radius 2 is 2.04 bits per heavy atom. The molecule has 0 aromatic carbocycles. The lowest BCUT2D eigenvalue weighted by Gasteiger charge is -2.44. The standard InChI is InChI=1S/C20H20O5/c1-11-3-4-14-15(7-13-8-19(14,2)17(21)24-13)20(11)9-16(25-18(20)22)12-5-6-23-10-12/h5-6,9-11,13H,3-4,7-8H2,1-2H3/t11-,13-,19+,20-/m1/s1. The largest absolute Gasteiger partial charge is 0.472 e. The molecule has 1 aromatic rings. The molecule has 25 heavy (non-hydrogen) atoms. The van der Waals surface area contributed by atoms with E-state index < -0.39 is 10.8 Å². The lowest BCUT2D eigenvalue weighted by molar-refractivity contribution is -0.146. The van der Waals surface area contributed by atoms with Crippen LogP contribution in [0.5, 0.6) is 0 Å². The highest BCUT2D eigenvalue weighted by atomic mass is 16.6. The molecule has 0 amide bonds. The van der Waals surface area contributed by atoms with Crippen LogP contribution in [0.3, 0.4) is 0 Å². The lowest BCUT2D eigenvalue weighted by Crippen LogP contribution is -2.44. The number of hydrogen-bond donors (Lipinski definition) is 0. The van der Waals surface area contributed by atoms with Crippen LogP contribution in [-0.4, -0.2) is 18.0 Å². The van der Waals surface area contributed by atoms with Crippen molar-refractivity contribution in [1.29, 1.82) is 0 Å². The van der Waals surface area contributed by atoms with Gasteiger partial charge in [0.25, 0.3) is 0 Å². The first kappa shape index (κ1) is 15.0. The molecule has 5 rings (SSSR count). The number of carbonyl (C=O) groups is 2. The Balaban J connectivity index is 1.71. The zero-order valence-electron chi connectivity index (χ0n) is 14.3. The Labute approximate surface area is 145 Å². The van der Waals surface area contributed by atoms with E-state index in [9.17, 15) is 9.59 Å². The van der Waals surface area contributed by atoms with Gasteiger partial charge in [-0.2, -0.15) is 0 Å². The van der Waals surface area contributed by atoms with E-state index in [0.29, 0.717) is 12.2 Å². The summed E-state index contributed by atoms with van der Waals surface area (Å²) < 4.78 is 16.4. The van der Waals surface area contributed by atoms with E-state index in [-0.39, 0.29) is 24.0 Å². The predicted octanol–water partition coefficient (Wildman–Crippen LogP) is 3.62. The monoisotopic (exact) mass is 340 g/mol. The fourth-order valence-corrected chi connectivity index (χ4v) is 5.22. The van der Waals surface area contributed by atoms with Crippen molar-refractivity contribution in [1.82, 2.24) is 0 Å². The lowest BCUT2D eigenvalue weighted by atomic mass is 9.56. The number of ether oxygens (including phenoxy) is 2. The van der Waals surface area contributed by atoms with E-state index >= 15 is 0 Å². The van der Waals surface area contributed by atoms with Crippen LogP contribution in [0, 0.1) is 16.7 Å². The minimum absolute atomic E-state index is 0.124. The molecule has 1 saturated heterocycles. The van der Waals surface area contributed by atoms with Gasteiger partial charge in [0.1, 0.15) is 23.5 Å². The van der Waals surface area contributed by atoms with Crippen LogP contribution in [0.25, 0.3) is 5.76 Å². The van der Waals surface area contributed by atoms with Gasteiger partial charge in [0, 0.05) is 12.8 Å². The fourth-order valence-electron chi connectivity index (χ4n) is 5.22. The number of cyclic esters (lactones) is 1. The topological polar surface area (TPSA) is 65.7 Å². The maximum absolute atomic E-state index is 13.1. The summed E-state index contributed by atoms with van der Waals surface area (Å²) in [4.78, 5) is 25.5. The molecule has 0 saturated carbocycles. The molecule has 4 atom stereocenters. The smallest absolute Gasteiger partial charge is 0.325 e. The van der Waals surface area contributed by atoms with E-state index in [1.165, 1.54) is 0 Å². The SMILES string of the molecule is C[C@@H]1CCC2=C(C[C@@H]3C[C@]2(C)C(=O)O3)[C@@]12C=C(c1ccoc1)OC2=O. The Bertz CT molecular complexity index is 845. The van der Waals surface area contributed by atoms with E-state index in [1.807, 2.05) is 13.0 Å². The predicted molar refractivity (Wildman–Crippen MR) is 87.9 cm³/mol. The molecule has 5 heteroatoms. The summed E-state index contributed by atoms with van der Waals surface area (Å²) in [6.07, 6.45) is 8.04. The van der Waals surface area contributed by atoms with Gasteiger partial charge in [-0.3, -0.25) is 9.59 Å². The second-order valence-electron chi connectivity index (χ2n) is 7.94. The minimum Gasteiger partial charge on any atom is -0.472 e. The number of rotatable bonds is 1. The first-order valence-electron chi connectivity index (χ1n) is 8.87. The molecule has 0 N–H and O–H groups in total. The van der Waals surface area contributed by atoms with Gasteiger partial charge in [-0.15, -0.1) is 0 Å². The molecule has 1 aromatic heterocycles. The zero-order chi connectivity index (χ0) is 17.4. The van der Waals surface area contributed by atoms with Crippen molar-refractivity contribution >= 4 is 17.7 Å². The summed E-state index contributed by atoms with van der Waals surface area (Å²) in [5.41, 5.74) is 1.55. The summed E-state index contributed by atoms with van der Waals surface area (Å²) in [7, 11) is 0. The third-order valence-corrected chi connectivity index (χ3v) is 6.63. The van der Waals surface area contributed by atoms with Crippen LogP contribution in [0.2, 0.25) is 0 Å². The highest BCUT2D eigenvalue weighted by molar-refractivity contribution is 5.96. The van der Waals surface area contributed by atoms with E-state index in [4.69, 9.17) is 13.9 Å². The molecule has 1 fully saturated rings. The van der Waals surface area contributed by atoms with Crippen molar-refractivity contribution in [3.05, 3.63) is 41.4 Å². The highest BCUT2D eigenvalue weighted by Gasteiger charge is 2.61. The molecule has 2 aliphatic carbocycles.